The molecule has 3 aromatic rings. The number of hydrogen-bond acceptors (Lipinski definition) is 5. The first-order valence-corrected chi connectivity index (χ1v) is 9.92. The number of methoxy groups -OCH3 is 2. The van der Waals surface area contributed by atoms with Crippen LogP contribution < -0.4 is 4.74 Å². The SMILES string of the molecule is COCCn1c(C2CCN(C(=O)c3cc(Cl)ccc3OC)C2)nc2ccncc21. The second-order valence-electron chi connectivity index (χ2n) is 7.06. The minimum absolute atomic E-state index is 0.0759. The predicted molar refractivity (Wildman–Crippen MR) is 111 cm³/mol. The van der Waals surface area contributed by atoms with Crippen LogP contribution in [0.25, 0.3) is 11.0 Å². The second kappa shape index (κ2) is 8.39. The molecule has 0 aliphatic carbocycles. The van der Waals surface area contributed by atoms with Crippen LogP contribution in [0.1, 0.15) is 28.5 Å². The van der Waals surface area contributed by atoms with Crippen LogP contribution >= 0.6 is 11.6 Å². The van der Waals surface area contributed by atoms with Crippen molar-refractivity contribution in [3.8, 4) is 5.75 Å². The van der Waals surface area contributed by atoms with Crippen LogP contribution in [0, 0.1) is 0 Å². The molecule has 0 N–H and O–H groups in total. The number of likely N-dealkylation sites (tertiary alicyclic amines) is 1. The maximum absolute atomic E-state index is 13.1. The molecule has 0 radical (unpaired) electrons. The fourth-order valence-electron chi connectivity index (χ4n) is 3.89. The van der Waals surface area contributed by atoms with Crippen molar-refractivity contribution in [2.24, 2.45) is 0 Å². The van der Waals surface area contributed by atoms with Crippen molar-refractivity contribution < 1.29 is 14.3 Å². The van der Waals surface area contributed by atoms with E-state index in [-0.39, 0.29) is 11.8 Å². The van der Waals surface area contributed by atoms with Crippen molar-refractivity contribution >= 4 is 28.5 Å². The van der Waals surface area contributed by atoms with Gasteiger partial charge >= 0.3 is 0 Å². The van der Waals surface area contributed by atoms with Gasteiger partial charge in [0, 0.05) is 43.9 Å². The first-order chi connectivity index (χ1) is 14.1. The maximum Gasteiger partial charge on any atom is 0.257 e. The molecule has 8 heteroatoms. The minimum atomic E-state index is -0.0759. The number of fused-ring (bicyclic) bond motifs is 1. The van der Waals surface area contributed by atoms with E-state index >= 15 is 0 Å². The van der Waals surface area contributed by atoms with E-state index in [1.54, 1.807) is 38.6 Å². The maximum atomic E-state index is 13.1. The molecule has 2 aromatic heterocycles. The van der Waals surface area contributed by atoms with Gasteiger partial charge in [-0.05, 0) is 30.7 Å². The third-order valence-electron chi connectivity index (χ3n) is 5.33. The van der Waals surface area contributed by atoms with Crippen molar-refractivity contribution in [2.45, 2.75) is 18.9 Å². The van der Waals surface area contributed by atoms with Gasteiger partial charge in [-0.2, -0.15) is 0 Å². The highest BCUT2D eigenvalue weighted by Gasteiger charge is 2.32. The number of carbonyl (C=O) groups is 1. The van der Waals surface area contributed by atoms with E-state index < -0.39 is 0 Å². The fraction of sp³-hybridized carbons (Fsp3) is 0.381. The molecule has 7 nitrogen and oxygen atoms in total. The molecule has 0 bridgehead atoms. The summed E-state index contributed by atoms with van der Waals surface area (Å²) in [6, 6.07) is 7.02. The van der Waals surface area contributed by atoms with Gasteiger partial charge in [-0.3, -0.25) is 9.78 Å². The van der Waals surface area contributed by atoms with E-state index in [9.17, 15) is 4.79 Å². The number of imidazole rings is 1. The Morgan fingerprint density at radius 1 is 1.31 bits per heavy atom. The van der Waals surface area contributed by atoms with Gasteiger partial charge in [0.1, 0.15) is 11.6 Å². The molecule has 0 saturated carbocycles. The summed E-state index contributed by atoms with van der Waals surface area (Å²) in [4.78, 5) is 24.0. The van der Waals surface area contributed by atoms with Gasteiger partial charge < -0.3 is 18.9 Å². The molecule has 1 atom stereocenters. The monoisotopic (exact) mass is 414 g/mol. The Labute approximate surface area is 174 Å². The van der Waals surface area contributed by atoms with Crippen molar-refractivity contribution in [3.05, 3.63) is 53.1 Å². The van der Waals surface area contributed by atoms with Gasteiger partial charge in [-0.1, -0.05) is 11.6 Å². The van der Waals surface area contributed by atoms with Crippen LogP contribution in [0.5, 0.6) is 5.75 Å². The van der Waals surface area contributed by atoms with Crippen molar-refractivity contribution in [1.29, 1.82) is 0 Å². The summed E-state index contributed by atoms with van der Waals surface area (Å²) < 4.78 is 12.8. The summed E-state index contributed by atoms with van der Waals surface area (Å²) in [6.45, 7) is 2.53. The zero-order valence-electron chi connectivity index (χ0n) is 16.5. The first kappa shape index (κ1) is 19.7. The highest BCUT2D eigenvalue weighted by Crippen LogP contribution is 2.32. The summed E-state index contributed by atoms with van der Waals surface area (Å²) in [5.41, 5.74) is 2.38. The Balaban J connectivity index is 1.60. The highest BCUT2D eigenvalue weighted by atomic mass is 35.5. The third kappa shape index (κ3) is 3.80. The molecule has 152 valence electrons. The van der Waals surface area contributed by atoms with Crippen molar-refractivity contribution in [2.75, 3.05) is 33.9 Å². The average Bonchev–Trinajstić information content (AvgIpc) is 3.36. The number of nitrogens with zero attached hydrogens (tertiary/aromatic N) is 4. The Hall–Kier alpha value is -2.64. The summed E-state index contributed by atoms with van der Waals surface area (Å²) in [7, 11) is 3.24. The lowest BCUT2D eigenvalue weighted by molar-refractivity contribution is 0.0787. The first-order valence-electron chi connectivity index (χ1n) is 9.54. The third-order valence-corrected chi connectivity index (χ3v) is 5.57. The van der Waals surface area contributed by atoms with E-state index in [4.69, 9.17) is 26.1 Å². The van der Waals surface area contributed by atoms with Crippen LogP contribution in [0.15, 0.2) is 36.7 Å². The molecule has 1 amide bonds. The number of aromatic nitrogens is 3. The molecule has 1 aliphatic heterocycles. The number of benzene rings is 1. The number of rotatable bonds is 6. The normalized spacial score (nSPS) is 16.5. The molecular formula is C21H23ClN4O3. The molecule has 0 spiro atoms. The molecule has 1 saturated heterocycles. The van der Waals surface area contributed by atoms with Crippen LogP contribution in [0.3, 0.4) is 0 Å². The van der Waals surface area contributed by atoms with Gasteiger partial charge in [-0.25, -0.2) is 4.98 Å². The molecule has 29 heavy (non-hydrogen) atoms. The zero-order chi connectivity index (χ0) is 20.4. The molecular weight excluding hydrogens is 392 g/mol. The van der Waals surface area contributed by atoms with Gasteiger partial charge in [0.15, 0.2) is 0 Å². The largest absolute Gasteiger partial charge is 0.496 e. The van der Waals surface area contributed by atoms with E-state index in [1.165, 1.54) is 0 Å². The lowest BCUT2D eigenvalue weighted by Crippen LogP contribution is -2.29. The van der Waals surface area contributed by atoms with Gasteiger partial charge in [0.05, 0.1) is 36.5 Å². The summed E-state index contributed by atoms with van der Waals surface area (Å²) in [5, 5.41) is 0.513. The van der Waals surface area contributed by atoms with Crippen molar-refractivity contribution in [3.63, 3.8) is 0 Å². The average molecular weight is 415 g/mol. The van der Waals surface area contributed by atoms with Gasteiger partial charge in [-0.15, -0.1) is 0 Å². The van der Waals surface area contributed by atoms with E-state index in [0.29, 0.717) is 42.6 Å². The quantitative estimate of drug-likeness (QED) is 0.618. The standard InChI is InChI=1S/C21H23ClN4O3/c1-28-10-9-26-18-12-23-7-5-17(18)24-20(26)14-6-8-25(13-14)21(27)16-11-15(22)3-4-19(16)29-2/h3-5,7,11-12,14H,6,8-10,13H2,1-2H3. The van der Waals surface area contributed by atoms with Gasteiger partial charge in [0.25, 0.3) is 5.91 Å². The topological polar surface area (TPSA) is 69.5 Å². The minimum Gasteiger partial charge on any atom is -0.496 e. The summed E-state index contributed by atoms with van der Waals surface area (Å²) in [5.74, 6) is 1.57. The Bertz CT molecular complexity index is 1040. The number of pyridine rings is 1. The summed E-state index contributed by atoms with van der Waals surface area (Å²) in [6.07, 6.45) is 4.42. The highest BCUT2D eigenvalue weighted by molar-refractivity contribution is 6.31. The molecule has 4 rings (SSSR count). The van der Waals surface area contributed by atoms with E-state index in [2.05, 4.69) is 9.55 Å². The molecule has 1 aliphatic rings. The molecule has 1 unspecified atom stereocenters. The Kier molecular flexibility index (Phi) is 5.69. The number of carbonyl (C=O) groups excluding carboxylic acids is 1. The number of halogens is 1. The Morgan fingerprint density at radius 3 is 2.97 bits per heavy atom. The van der Waals surface area contributed by atoms with E-state index in [1.807, 2.05) is 17.2 Å². The van der Waals surface area contributed by atoms with Crippen LogP contribution in [-0.4, -0.2) is 59.3 Å². The van der Waals surface area contributed by atoms with Crippen LogP contribution in [0.2, 0.25) is 5.02 Å². The van der Waals surface area contributed by atoms with Crippen LogP contribution in [-0.2, 0) is 11.3 Å². The molecule has 3 heterocycles. The summed E-state index contributed by atoms with van der Waals surface area (Å²) >= 11 is 6.11. The smallest absolute Gasteiger partial charge is 0.257 e. The molecule has 1 aromatic carbocycles. The zero-order valence-corrected chi connectivity index (χ0v) is 17.2. The Morgan fingerprint density at radius 2 is 2.17 bits per heavy atom. The predicted octanol–water partition coefficient (Wildman–Crippen LogP) is 3.37. The number of amides is 1. The van der Waals surface area contributed by atoms with E-state index in [0.717, 1.165) is 23.3 Å². The van der Waals surface area contributed by atoms with Crippen molar-refractivity contribution in [1.82, 2.24) is 19.4 Å². The number of hydrogen-bond donors (Lipinski definition) is 0. The number of ether oxygens (including phenoxy) is 2. The lowest BCUT2D eigenvalue weighted by Gasteiger charge is -2.19. The van der Waals surface area contributed by atoms with Gasteiger partial charge in [0.2, 0.25) is 0 Å². The lowest BCUT2D eigenvalue weighted by atomic mass is 10.1. The molecule has 1 fully saturated rings. The fourth-order valence-corrected chi connectivity index (χ4v) is 4.06. The van der Waals surface area contributed by atoms with Crippen LogP contribution in [0.4, 0.5) is 0 Å². The second-order valence-corrected chi connectivity index (χ2v) is 7.50.